The summed E-state index contributed by atoms with van der Waals surface area (Å²) in [5.41, 5.74) is 3.18. The van der Waals surface area contributed by atoms with Crippen molar-refractivity contribution in [3.63, 3.8) is 0 Å². The molecule has 3 N–H and O–H groups in total. The second kappa shape index (κ2) is 13.7. The third-order valence-corrected chi connectivity index (χ3v) is 8.02. The average molecular weight is 584 g/mol. The molecule has 1 aliphatic heterocycles. The largest absolute Gasteiger partial charge is 0.361 e. The molecule has 0 bridgehead atoms. The average Bonchev–Trinajstić information content (AvgIpc) is 3.61. The van der Waals surface area contributed by atoms with Crippen molar-refractivity contribution in [1.82, 2.24) is 35.3 Å². The van der Waals surface area contributed by atoms with Gasteiger partial charge >= 0.3 is 0 Å². The number of amides is 3. The molecule has 226 valence electrons. The number of para-hydroxylation sites is 1. The highest BCUT2D eigenvalue weighted by atomic mass is 16.2. The van der Waals surface area contributed by atoms with Gasteiger partial charge in [-0.2, -0.15) is 5.10 Å². The number of aromatic amines is 1. The van der Waals surface area contributed by atoms with Crippen LogP contribution in [0.3, 0.4) is 0 Å². The fraction of sp³-hybridized carbons (Fsp3) is 0.424. The molecule has 0 aliphatic carbocycles. The summed E-state index contributed by atoms with van der Waals surface area (Å²) in [6.45, 7) is 7.00. The Bertz CT molecular complexity index is 1560. The number of hydrogen-bond donors (Lipinski definition) is 3. The van der Waals surface area contributed by atoms with Crippen molar-refractivity contribution in [3.8, 4) is 11.4 Å². The number of carbonyl (C=O) groups is 3. The van der Waals surface area contributed by atoms with Crippen LogP contribution < -0.4 is 10.6 Å². The molecule has 2 aromatic carbocycles. The van der Waals surface area contributed by atoms with Gasteiger partial charge in [-0.25, -0.2) is 9.67 Å². The van der Waals surface area contributed by atoms with Gasteiger partial charge in [0.05, 0.1) is 12.6 Å². The van der Waals surface area contributed by atoms with Gasteiger partial charge in [-0.1, -0.05) is 62.4 Å². The van der Waals surface area contributed by atoms with Crippen molar-refractivity contribution >= 4 is 28.6 Å². The lowest BCUT2D eigenvalue weighted by atomic mass is 10.0. The molecular formula is C33H41N7O3. The van der Waals surface area contributed by atoms with Gasteiger partial charge in [-0.3, -0.25) is 14.4 Å². The predicted molar refractivity (Wildman–Crippen MR) is 166 cm³/mol. The standard InChI is InChI=1S/C33H41N7O3/c1-22(2)30-32-37-31(24-11-5-4-6-12-24)38-40(32)20-19-39(18-10-16-28(41)35-23(3)33(43)36-30)29(42)17-9-13-25-21-34-27-15-8-7-14-26(25)27/h4-8,11-12,14-15,21-23,30,34H,9-10,13,16-20H2,1-3H3,(H,35,41)(H,36,43)/t23-,30+/m1/s1. The highest BCUT2D eigenvalue weighted by molar-refractivity contribution is 5.87. The maximum atomic E-state index is 13.5. The number of aromatic nitrogens is 4. The van der Waals surface area contributed by atoms with Crippen molar-refractivity contribution in [2.24, 2.45) is 5.92 Å². The van der Waals surface area contributed by atoms with Gasteiger partial charge in [-0.15, -0.1) is 0 Å². The first kappa shape index (κ1) is 30.0. The van der Waals surface area contributed by atoms with E-state index in [1.807, 2.05) is 72.1 Å². The molecule has 0 fully saturated rings. The molecule has 2 aromatic heterocycles. The van der Waals surface area contributed by atoms with E-state index in [4.69, 9.17) is 10.1 Å². The first-order valence-electron chi connectivity index (χ1n) is 15.2. The van der Waals surface area contributed by atoms with Crippen molar-refractivity contribution in [1.29, 1.82) is 0 Å². The number of fused-ring (bicyclic) bond motifs is 2. The topological polar surface area (TPSA) is 125 Å². The zero-order valence-corrected chi connectivity index (χ0v) is 25.2. The summed E-state index contributed by atoms with van der Waals surface area (Å²) in [5.74, 6) is 0.782. The molecule has 1 aliphatic rings. The first-order chi connectivity index (χ1) is 20.8. The molecule has 3 heterocycles. The monoisotopic (exact) mass is 583 g/mol. The van der Waals surface area contributed by atoms with Gasteiger partial charge in [0, 0.05) is 48.6 Å². The predicted octanol–water partition coefficient (Wildman–Crippen LogP) is 4.39. The van der Waals surface area contributed by atoms with Crippen LogP contribution in [0.5, 0.6) is 0 Å². The zero-order valence-electron chi connectivity index (χ0n) is 25.2. The van der Waals surface area contributed by atoms with Crippen LogP contribution >= 0.6 is 0 Å². The molecule has 2 atom stereocenters. The number of benzene rings is 2. The van der Waals surface area contributed by atoms with E-state index in [-0.39, 0.29) is 30.1 Å². The van der Waals surface area contributed by atoms with Crippen LogP contribution in [-0.2, 0) is 27.3 Å². The zero-order chi connectivity index (χ0) is 30.3. The Morgan fingerprint density at radius 1 is 1.00 bits per heavy atom. The van der Waals surface area contributed by atoms with Crippen molar-refractivity contribution in [3.05, 3.63) is 72.2 Å². The summed E-state index contributed by atoms with van der Waals surface area (Å²) in [4.78, 5) is 49.3. The minimum Gasteiger partial charge on any atom is -0.361 e. The van der Waals surface area contributed by atoms with E-state index >= 15 is 0 Å². The Morgan fingerprint density at radius 3 is 2.56 bits per heavy atom. The van der Waals surface area contributed by atoms with Gasteiger partial charge < -0.3 is 20.5 Å². The number of carbonyl (C=O) groups excluding carboxylic acids is 3. The number of hydrogen-bond acceptors (Lipinski definition) is 5. The number of nitrogens with zero attached hydrogens (tertiary/aromatic N) is 4. The van der Waals surface area contributed by atoms with E-state index in [1.165, 1.54) is 10.9 Å². The van der Waals surface area contributed by atoms with E-state index < -0.39 is 12.1 Å². The van der Waals surface area contributed by atoms with E-state index in [2.05, 4.69) is 27.8 Å². The van der Waals surface area contributed by atoms with Crippen LogP contribution in [0, 0.1) is 5.92 Å². The summed E-state index contributed by atoms with van der Waals surface area (Å²) < 4.78 is 1.83. The first-order valence-corrected chi connectivity index (χ1v) is 15.2. The van der Waals surface area contributed by atoms with Crippen molar-refractivity contribution in [2.75, 3.05) is 13.1 Å². The molecule has 5 rings (SSSR count). The minimum absolute atomic E-state index is 0.00794. The number of rotatable bonds is 6. The van der Waals surface area contributed by atoms with E-state index in [0.29, 0.717) is 44.1 Å². The number of nitrogens with one attached hydrogen (secondary N) is 3. The Balaban J connectivity index is 1.37. The lowest BCUT2D eigenvalue weighted by Gasteiger charge is -2.27. The second-order valence-corrected chi connectivity index (χ2v) is 11.6. The van der Waals surface area contributed by atoms with Crippen LogP contribution in [0.4, 0.5) is 0 Å². The quantitative estimate of drug-likeness (QED) is 0.311. The fourth-order valence-corrected chi connectivity index (χ4v) is 5.58. The third kappa shape index (κ3) is 7.31. The van der Waals surface area contributed by atoms with Gasteiger partial charge in [0.15, 0.2) is 11.6 Å². The molecular weight excluding hydrogens is 542 g/mol. The Morgan fingerprint density at radius 2 is 1.77 bits per heavy atom. The summed E-state index contributed by atoms with van der Waals surface area (Å²) in [7, 11) is 0. The number of H-pyrrole nitrogens is 1. The summed E-state index contributed by atoms with van der Waals surface area (Å²) in [5, 5.41) is 11.9. The molecule has 0 spiro atoms. The normalized spacial score (nSPS) is 18.7. The Labute approximate surface area is 252 Å². The van der Waals surface area contributed by atoms with Crippen LogP contribution in [0.25, 0.3) is 22.3 Å². The summed E-state index contributed by atoms with van der Waals surface area (Å²) >= 11 is 0. The Hall–Kier alpha value is -4.47. The molecule has 0 unspecified atom stereocenters. The lowest BCUT2D eigenvalue weighted by Crippen LogP contribution is -2.47. The van der Waals surface area contributed by atoms with Crippen molar-refractivity contribution < 1.29 is 14.4 Å². The van der Waals surface area contributed by atoms with E-state index in [9.17, 15) is 14.4 Å². The summed E-state index contributed by atoms with van der Waals surface area (Å²) in [6.07, 6.45) is 4.69. The highest BCUT2D eigenvalue weighted by Crippen LogP contribution is 2.25. The Kier molecular flexibility index (Phi) is 9.54. The van der Waals surface area contributed by atoms with Gasteiger partial charge in [0.2, 0.25) is 17.7 Å². The van der Waals surface area contributed by atoms with Crippen LogP contribution in [-0.4, -0.2) is 61.5 Å². The fourth-order valence-electron chi connectivity index (χ4n) is 5.58. The van der Waals surface area contributed by atoms with Gasteiger partial charge in [0.25, 0.3) is 0 Å². The molecule has 0 saturated heterocycles. The molecule has 3 amide bonds. The maximum absolute atomic E-state index is 13.5. The summed E-state index contributed by atoms with van der Waals surface area (Å²) in [6, 6.07) is 16.8. The number of aryl methyl sites for hydroxylation is 1. The van der Waals surface area contributed by atoms with Gasteiger partial charge in [0.1, 0.15) is 6.04 Å². The highest BCUT2D eigenvalue weighted by Gasteiger charge is 2.29. The second-order valence-electron chi connectivity index (χ2n) is 11.6. The molecule has 4 aromatic rings. The third-order valence-electron chi connectivity index (χ3n) is 8.02. The molecule has 0 saturated carbocycles. The van der Waals surface area contributed by atoms with Crippen LogP contribution in [0.2, 0.25) is 0 Å². The molecule has 10 nitrogen and oxygen atoms in total. The van der Waals surface area contributed by atoms with E-state index in [0.717, 1.165) is 23.9 Å². The SMILES string of the molecule is CC(C)[C@@H]1NC(=O)[C@@H](C)NC(=O)CCCN(C(=O)CCCc2c[nH]c3ccccc23)CCn2nc(-c3ccccc3)nc21. The molecule has 0 radical (unpaired) electrons. The van der Waals surface area contributed by atoms with Crippen LogP contribution in [0.15, 0.2) is 60.8 Å². The maximum Gasteiger partial charge on any atom is 0.242 e. The molecule has 43 heavy (non-hydrogen) atoms. The van der Waals surface area contributed by atoms with E-state index in [1.54, 1.807) is 6.92 Å². The minimum atomic E-state index is -0.705. The van der Waals surface area contributed by atoms with Gasteiger partial charge in [-0.05, 0) is 43.7 Å². The van der Waals surface area contributed by atoms with Crippen molar-refractivity contribution in [2.45, 2.75) is 71.5 Å². The smallest absolute Gasteiger partial charge is 0.242 e. The lowest BCUT2D eigenvalue weighted by molar-refractivity contribution is -0.132. The molecule has 10 heteroatoms. The van der Waals surface area contributed by atoms with Crippen LogP contribution in [0.1, 0.15) is 63.9 Å².